The Morgan fingerprint density at radius 1 is 1.05 bits per heavy atom. The normalized spacial score (nSPS) is 11.2. The average Bonchev–Trinajstić information content (AvgIpc) is 2.48. The van der Waals surface area contributed by atoms with E-state index in [1.807, 2.05) is 5.43 Å². The number of carbonyl (C=O) groups is 1. The molecule has 2 N–H and O–H groups in total. The summed E-state index contributed by atoms with van der Waals surface area (Å²) in [5.41, 5.74) is 2.03. The lowest BCUT2D eigenvalue weighted by Gasteiger charge is -2.09. The van der Waals surface area contributed by atoms with Gasteiger partial charge in [0.05, 0.1) is 0 Å². The minimum Gasteiger partial charge on any atom is -0.273 e. The molecule has 2 aromatic rings. The Hall–Kier alpha value is -2.03. The number of rotatable bonds is 4. The highest BCUT2D eigenvalue weighted by molar-refractivity contribution is 7.89. The summed E-state index contributed by atoms with van der Waals surface area (Å²) < 4.78 is 50.1. The highest BCUT2D eigenvalue weighted by Crippen LogP contribution is 2.15. The van der Waals surface area contributed by atoms with Gasteiger partial charge in [-0.3, -0.25) is 10.2 Å². The van der Waals surface area contributed by atoms with Crippen molar-refractivity contribution in [2.45, 2.75) is 4.90 Å². The number of amides is 1. The lowest BCUT2D eigenvalue weighted by atomic mass is 10.2. The summed E-state index contributed by atoms with van der Waals surface area (Å²) in [6, 6.07) is 7.58. The molecule has 0 saturated carbocycles. The van der Waals surface area contributed by atoms with Crippen molar-refractivity contribution in [1.82, 2.24) is 10.3 Å². The Morgan fingerprint density at radius 3 is 2.32 bits per heavy atom. The topological polar surface area (TPSA) is 75.3 Å². The van der Waals surface area contributed by atoms with E-state index in [-0.39, 0.29) is 5.56 Å². The van der Waals surface area contributed by atoms with E-state index < -0.39 is 32.5 Å². The quantitative estimate of drug-likeness (QED) is 0.834. The SMILES string of the molecule is O=C(NNS(=O)(=O)c1cc(F)ccc1F)c1ccc(Cl)cc1. The number of sulfonamides is 1. The standard InChI is InChI=1S/C13H9ClF2N2O3S/c14-9-3-1-8(2-4-9)13(19)17-18-22(20,21)12-7-10(15)5-6-11(12)16/h1-7,18H,(H,17,19). The lowest BCUT2D eigenvalue weighted by molar-refractivity contribution is 0.0945. The van der Waals surface area contributed by atoms with Crippen molar-refractivity contribution in [2.24, 2.45) is 0 Å². The van der Waals surface area contributed by atoms with Gasteiger partial charge in [0.2, 0.25) is 0 Å². The van der Waals surface area contributed by atoms with Gasteiger partial charge in [0.25, 0.3) is 15.9 Å². The number of hydrazine groups is 1. The van der Waals surface area contributed by atoms with Gasteiger partial charge in [0.1, 0.15) is 16.5 Å². The van der Waals surface area contributed by atoms with E-state index in [2.05, 4.69) is 0 Å². The zero-order valence-electron chi connectivity index (χ0n) is 10.8. The molecular weight excluding hydrogens is 338 g/mol. The van der Waals surface area contributed by atoms with E-state index in [4.69, 9.17) is 11.6 Å². The second-order valence-electron chi connectivity index (χ2n) is 4.14. The van der Waals surface area contributed by atoms with Crippen LogP contribution in [0.3, 0.4) is 0 Å². The van der Waals surface area contributed by atoms with Gasteiger partial charge in [-0.1, -0.05) is 11.6 Å². The van der Waals surface area contributed by atoms with Gasteiger partial charge in [-0.2, -0.15) is 0 Å². The third kappa shape index (κ3) is 3.79. The maximum Gasteiger partial charge on any atom is 0.266 e. The van der Waals surface area contributed by atoms with Crippen molar-refractivity contribution in [3.63, 3.8) is 0 Å². The molecule has 9 heteroatoms. The van der Waals surface area contributed by atoms with Crippen LogP contribution in [0.2, 0.25) is 5.02 Å². The maximum absolute atomic E-state index is 13.4. The van der Waals surface area contributed by atoms with Gasteiger partial charge in [0, 0.05) is 10.6 Å². The fraction of sp³-hybridized carbons (Fsp3) is 0. The predicted molar refractivity (Wildman–Crippen MR) is 75.6 cm³/mol. The van der Waals surface area contributed by atoms with E-state index in [9.17, 15) is 22.0 Å². The molecule has 0 heterocycles. The van der Waals surface area contributed by atoms with Crippen LogP contribution >= 0.6 is 11.6 Å². The molecule has 1 amide bonds. The minimum atomic E-state index is -4.45. The summed E-state index contributed by atoms with van der Waals surface area (Å²) in [5.74, 6) is -2.85. The molecule has 5 nitrogen and oxygen atoms in total. The summed E-state index contributed by atoms with van der Waals surface area (Å²) in [4.78, 5) is 12.5. The Bertz CT molecular complexity index is 811. The Morgan fingerprint density at radius 2 is 1.68 bits per heavy atom. The number of benzene rings is 2. The molecule has 0 spiro atoms. The zero-order valence-corrected chi connectivity index (χ0v) is 12.4. The third-order valence-corrected chi connectivity index (χ3v) is 4.10. The fourth-order valence-electron chi connectivity index (χ4n) is 1.53. The van der Waals surface area contributed by atoms with Gasteiger partial charge < -0.3 is 0 Å². The fourth-order valence-corrected chi connectivity index (χ4v) is 2.58. The summed E-state index contributed by atoms with van der Waals surface area (Å²) in [6.07, 6.45) is 0. The highest BCUT2D eigenvalue weighted by Gasteiger charge is 2.20. The third-order valence-electron chi connectivity index (χ3n) is 2.59. The molecule has 2 aromatic carbocycles. The lowest BCUT2D eigenvalue weighted by Crippen LogP contribution is -2.41. The van der Waals surface area contributed by atoms with Gasteiger partial charge in [0.15, 0.2) is 0 Å². The van der Waals surface area contributed by atoms with Gasteiger partial charge >= 0.3 is 0 Å². The molecule has 0 fully saturated rings. The van der Waals surface area contributed by atoms with Crippen LogP contribution < -0.4 is 10.3 Å². The minimum absolute atomic E-state index is 0.131. The molecule has 0 radical (unpaired) electrons. The highest BCUT2D eigenvalue weighted by atomic mass is 35.5. The number of hydrogen-bond donors (Lipinski definition) is 2. The molecule has 0 unspecified atom stereocenters. The Labute approximate surface area is 129 Å². The summed E-state index contributed by atoms with van der Waals surface area (Å²) in [5, 5.41) is 0.402. The van der Waals surface area contributed by atoms with Crippen molar-refractivity contribution in [3.05, 3.63) is 64.7 Å². The van der Waals surface area contributed by atoms with E-state index in [0.717, 1.165) is 6.07 Å². The van der Waals surface area contributed by atoms with Gasteiger partial charge in [-0.05, 0) is 42.5 Å². The zero-order chi connectivity index (χ0) is 16.3. The molecule has 0 aromatic heterocycles. The van der Waals surface area contributed by atoms with E-state index >= 15 is 0 Å². The van der Waals surface area contributed by atoms with Crippen molar-refractivity contribution in [3.8, 4) is 0 Å². The molecule has 0 bridgehead atoms. The molecular formula is C13H9ClF2N2O3S. The van der Waals surface area contributed by atoms with Crippen LogP contribution in [0.4, 0.5) is 8.78 Å². The van der Waals surface area contributed by atoms with Crippen LogP contribution in [0.1, 0.15) is 10.4 Å². The number of carbonyl (C=O) groups excluding carboxylic acids is 1. The molecule has 2 rings (SSSR count). The first-order valence-corrected chi connectivity index (χ1v) is 7.68. The maximum atomic E-state index is 13.4. The van der Waals surface area contributed by atoms with Crippen LogP contribution in [0.5, 0.6) is 0 Å². The van der Waals surface area contributed by atoms with E-state index in [1.54, 1.807) is 4.83 Å². The van der Waals surface area contributed by atoms with Crippen LogP contribution in [0, 0.1) is 11.6 Å². The van der Waals surface area contributed by atoms with Crippen molar-refractivity contribution in [1.29, 1.82) is 0 Å². The Kier molecular flexibility index (Phi) is 4.74. The Balaban J connectivity index is 2.14. The van der Waals surface area contributed by atoms with Gasteiger partial charge in [-0.25, -0.2) is 17.2 Å². The first-order chi connectivity index (χ1) is 10.3. The van der Waals surface area contributed by atoms with Gasteiger partial charge in [-0.15, -0.1) is 4.83 Å². The van der Waals surface area contributed by atoms with E-state index in [1.165, 1.54) is 24.3 Å². The molecule has 116 valence electrons. The van der Waals surface area contributed by atoms with E-state index in [0.29, 0.717) is 17.2 Å². The van der Waals surface area contributed by atoms with Crippen LogP contribution in [0.15, 0.2) is 47.4 Å². The first kappa shape index (κ1) is 16.3. The monoisotopic (exact) mass is 346 g/mol. The van der Waals surface area contributed by atoms with Crippen molar-refractivity contribution in [2.75, 3.05) is 0 Å². The van der Waals surface area contributed by atoms with Crippen molar-refractivity contribution >= 4 is 27.5 Å². The number of hydrogen-bond acceptors (Lipinski definition) is 3. The first-order valence-electron chi connectivity index (χ1n) is 5.82. The summed E-state index contributed by atoms with van der Waals surface area (Å²) in [7, 11) is -4.45. The average molecular weight is 347 g/mol. The molecule has 0 aliphatic carbocycles. The number of nitrogens with one attached hydrogen (secondary N) is 2. The van der Waals surface area contributed by atoms with Crippen LogP contribution in [-0.4, -0.2) is 14.3 Å². The molecule has 22 heavy (non-hydrogen) atoms. The number of halogens is 3. The smallest absolute Gasteiger partial charge is 0.266 e. The van der Waals surface area contributed by atoms with Crippen molar-refractivity contribution < 1.29 is 22.0 Å². The molecule has 0 aliphatic heterocycles. The largest absolute Gasteiger partial charge is 0.273 e. The molecule has 0 aliphatic rings. The second kappa shape index (κ2) is 6.39. The molecule has 0 atom stereocenters. The molecule has 0 saturated heterocycles. The predicted octanol–water partition coefficient (Wildman–Crippen LogP) is 2.24. The second-order valence-corrected chi connectivity index (χ2v) is 6.23. The van der Waals surface area contributed by atoms with Crippen LogP contribution in [0.25, 0.3) is 0 Å². The summed E-state index contributed by atoms with van der Waals surface area (Å²) in [6.45, 7) is 0. The summed E-state index contributed by atoms with van der Waals surface area (Å²) >= 11 is 5.66. The van der Waals surface area contributed by atoms with Crippen LogP contribution in [-0.2, 0) is 10.0 Å².